The predicted octanol–water partition coefficient (Wildman–Crippen LogP) is 2.75. The molecule has 0 aromatic carbocycles. The van der Waals surface area contributed by atoms with Crippen molar-refractivity contribution < 1.29 is 19.7 Å². The Bertz CT molecular complexity index is 499. The van der Waals surface area contributed by atoms with Crippen molar-refractivity contribution in [2.45, 2.75) is 64.1 Å². The van der Waals surface area contributed by atoms with Gasteiger partial charge in [-0.05, 0) is 36.8 Å². The lowest BCUT2D eigenvalue weighted by Crippen LogP contribution is -2.01. The molecule has 2 atom stereocenters. The second-order valence-electron chi connectivity index (χ2n) is 5.40. The van der Waals surface area contributed by atoms with Crippen LogP contribution in [0.1, 0.15) is 51.9 Å². The van der Waals surface area contributed by atoms with Crippen molar-refractivity contribution in [3.8, 4) is 23.7 Å². The van der Waals surface area contributed by atoms with Crippen molar-refractivity contribution in [3.63, 3.8) is 0 Å². The van der Waals surface area contributed by atoms with E-state index in [0.717, 1.165) is 38.5 Å². The van der Waals surface area contributed by atoms with Crippen molar-refractivity contribution in [3.05, 3.63) is 24.8 Å². The van der Waals surface area contributed by atoms with Gasteiger partial charge in [0.2, 0.25) is 0 Å². The van der Waals surface area contributed by atoms with Gasteiger partial charge in [-0.15, -0.1) is 0 Å². The van der Waals surface area contributed by atoms with E-state index in [9.17, 15) is 9.90 Å². The lowest BCUT2D eigenvalue weighted by molar-refractivity contribution is -0.141. The molecule has 0 saturated carbocycles. The van der Waals surface area contributed by atoms with Crippen LogP contribution in [0.5, 0.6) is 0 Å². The first-order chi connectivity index (χ1) is 11.6. The normalized spacial score (nSPS) is 12.5. The van der Waals surface area contributed by atoms with Crippen LogP contribution in [0.4, 0.5) is 0 Å². The number of carbonyl (C=O) groups is 1. The Labute approximate surface area is 145 Å². The van der Waals surface area contributed by atoms with Crippen LogP contribution >= 0.6 is 0 Å². The molecule has 2 N–H and O–H groups in total. The first-order valence-corrected chi connectivity index (χ1v) is 8.36. The molecule has 0 spiro atoms. The van der Waals surface area contributed by atoms with Gasteiger partial charge in [0.1, 0.15) is 6.10 Å². The largest absolute Gasteiger partial charge is 0.466 e. The molecule has 0 unspecified atom stereocenters. The maximum absolute atomic E-state index is 10.6. The number of esters is 1. The number of hydrogen-bond acceptors (Lipinski definition) is 4. The van der Waals surface area contributed by atoms with Gasteiger partial charge in [-0.2, -0.15) is 0 Å². The Morgan fingerprint density at radius 2 is 1.79 bits per heavy atom. The molecule has 0 aliphatic carbocycles. The number of aliphatic hydroxyl groups is 2. The number of ether oxygens (including phenoxy) is 1. The zero-order chi connectivity index (χ0) is 18.0. The number of rotatable bonds is 11. The monoisotopic (exact) mass is 332 g/mol. The highest BCUT2D eigenvalue weighted by atomic mass is 16.5. The number of unbranched alkanes of at least 4 members (excludes halogenated alkanes) is 5. The fourth-order valence-corrected chi connectivity index (χ4v) is 1.88. The average Bonchev–Trinajstić information content (AvgIpc) is 2.55. The Morgan fingerprint density at radius 1 is 1.12 bits per heavy atom. The maximum atomic E-state index is 10.6. The van der Waals surface area contributed by atoms with Gasteiger partial charge in [0, 0.05) is 6.92 Å². The van der Waals surface area contributed by atoms with E-state index in [1.54, 1.807) is 12.2 Å². The van der Waals surface area contributed by atoms with E-state index in [0.29, 0.717) is 13.0 Å². The van der Waals surface area contributed by atoms with Crippen molar-refractivity contribution in [2.75, 3.05) is 6.61 Å². The summed E-state index contributed by atoms with van der Waals surface area (Å²) in [5.74, 6) is 10.0. The minimum atomic E-state index is -0.851. The van der Waals surface area contributed by atoms with Crippen LogP contribution in [-0.4, -0.2) is 35.0 Å². The summed E-state index contributed by atoms with van der Waals surface area (Å²) in [4.78, 5) is 10.6. The molecule has 132 valence electrons. The smallest absolute Gasteiger partial charge is 0.302 e. The Kier molecular flexibility index (Phi) is 14.5. The van der Waals surface area contributed by atoms with Crippen molar-refractivity contribution in [1.82, 2.24) is 0 Å². The first-order valence-electron chi connectivity index (χ1n) is 8.36. The van der Waals surface area contributed by atoms with Gasteiger partial charge in [0.25, 0.3) is 0 Å². The summed E-state index contributed by atoms with van der Waals surface area (Å²) in [5, 5.41) is 18.9. The van der Waals surface area contributed by atoms with Crippen LogP contribution in [0.25, 0.3) is 0 Å². The molecular formula is C20H28O4. The van der Waals surface area contributed by atoms with E-state index in [4.69, 9.17) is 9.84 Å². The summed E-state index contributed by atoms with van der Waals surface area (Å²) in [7, 11) is 0. The maximum Gasteiger partial charge on any atom is 0.302 e. The van der Waals surface area contributed by atoms with Crippen LogP contribution in [0, 0.1) is 23.7 Å². The predicted molar refractivity (Wildman–Crippen MR) is 95.9 cm³/mol. The second-order valence-corrected chi connectivity index (χ2v) is 5.40. The zero-order valence-electron chi connectivity index (χ0n) is 14.5. The van der Waals surface area contributed by atoms with Crippen molar-refractivity contribution in [2.24, 2.45) is 0 Å². The third-order valence-electron chi connectivity index (χ3n) is 3.18. The Balaban J connectivity index is 3.58. The van der Waals surface area contributed by atoms with Crippen LogP contribution in [0.2, 0.25) is 0 Å². The number of hydrogen-bond donors (Lipinski definition) is 2. The standard InChI is InChI=1S/C20H28O4/c1-3-19(22)14-10-7-8-12-16-20(23)15-11-6-4-5-9-13-17-24-18(2)21/h3,12,16,19-20,22-23H,1,4-6,9,11,13,15,17H2,2H3/b16-12+/t19-,20+/m1/s1. The lowest BCUT2D eigenvalue weighted by atomic mass is 10.1. The summed E-state index contributed by atoms with van der Waals surface area (Å²) in [6.07, 6.45) is 10.2. The summed E-state index contributed by atoms with van der Waals surface area (Å²) in [5.41, 5.74) is 0. The third-order valence-corrected chi connectivity index (χ3v) is 3.18. The molecule has 0 heterocycles. The minimum Gasteiger partial charge on any atom is -0.466 e. The molecule has 0 fully saturated rings. The summed E-state index contributed by atoms with van der Waals surface area (Å²) < 4.78 is 4.86. The average molecular weight is 332 g/mol. The van der Waals surface area contributed by atoms with Gasteiger partial charge in [-0.3, -0.25) is 4.79 Å². The lowest BCUT2D eigenvalue weighted by Gasteiger charge is -2.05. The van der Waals surface area contributed by atoms with Crippen LogP contribution in [0.3, 0.4) is 0 Å². The summed E-state index contributed by atoms with van der Waals surface area (Å²) in [6, 6.07) is 0. The molecule has 4 heteroatoms. The Hall–Kier alpha value is -2.01. The molecule has 4 nitrogen and oxygen atoms in total. The summed E-state index contributed by atoms with van der Waals surface area (Å²) in [6.45, 7) is 5.33. The van der Waals surface area contributed by atoms with E-state index < -0.39 is 12.2 Å². The minimum absolute atomic E-state index is 0.219. The van der Waals surface area contributed by atoms with Crippen LogP contribution in [-0.2, 0) is 9.53 Å². The molecule has 24 heavy (non-hydrogen) atoms. The number of aliphatic hydroxyl groups excluding tert-OH is 2. The fraction of sp³-hybridized carbons (Fsp3) is 0.550. The molecule has 0 aromatic heterocycles. The van der Waals surface area contributed by atoms with Crippen molar-refractivity contribution >= 4 is 5.97 Å². The zero-order valence-corrected chi connectivity index (χ0v) is 14.5. The van der Waals surface area contributed by atoms with Crippen LogP contribution in [0.15, 0.2) is 24.8 Å². The summed E-state index contributed by atoms with van der Waals surface area (Å²) >= 11 is 0. The molecule has 0 aliphatic heterocycles. The van der Waals surface area contributed by atoms with Gasteiger partial charge in [-0.1, -0.05) is 56.6 Å². The van der Waals surface area contributed by atoms with E-state index in [-0.39, 0.29) is 5.97 Å². The molecule has 0 aromatic rings. The first kappa shape index (κ1) is 22.0. The van der Waals surface area contributed by atoms with Crippen LogP contribution < -0.4 is 0 Å². The van der Waals surface area contributed by atoms with Gasteiger partial charge < -0.3 is 14.9 Å². The van der Waals surface area contributed by atoms with E-state index in [1.807, 2.05) is 0 Å². The van der Waals surface area contributed by atoms with Gasteiger partial charge in [-0.25, -0.2) is 0 Å². The van der Waals surface area contributed by atoms with E-state index in [1.165, 1.54) is 13.0 Å². The SMILES string of the molecule is C=C[C@@H](O)C#CC#C/C=C/[C@@H](O)CCCCCCCCOC(C)=O. The van der Waals surface area contributed by atoms with Crippen molar-refractivity contribution in [1.29, 1.82) is 0 Å². The molecular weight excluding hydrogens is 304 g/mol. The fourth-order valence-electron chi connectivity index (χ4n) is 1.88. The third kappa shape index (κ3) is 16.4. The van der Waals surface area contributed by atoms with Gasteiger partial charge >= 0.3 is 5.97 Å². The number of allylic oxidation sites excluding steroid dienone is 1. The molecule has 0 bridgehead atoms. The molecule has 0 saturated heterocycles. The molecule has 0 aliphatic rings. The highest BCUT2D eigenvalue weighted by Gasteiger charge is 1.99. The second kappa shape index (κ2) is 15.9. The topological polar surface area (TPSA) is 66.8 Å². The van der Waals surface area contributed by atoms with Gasteiger partial charge in [0.15, 0.2) is 0 Å². The number of carbonyl (C=O) groups excluding carboxylic acids is 1. The quantitative estimate of drug-likeness (QED) is 0.264. The molecule has 0 amide bonds. The Morgan fingerprint density at radius 3 is 2.46 bits per heavy atom. The molecule has 0 rings (SSSR count). The van der Waals surface area contributed by atoms with E-state index in [2.05, 4.69) is 30.3 Å². The molecule has 0 radical (unpaired) electrons. The van der Waals surface area contributed by atoms with Gasteiger partial charge in [0.05, 0.1) is 12.7 Å². The highest BCUT2D eigenvalue weighted by molar-refractivity contribution is 5.65. The highest BCUT2D eigenvalue weighted by Crippen LogP contribution is 2.09. The van der Waals surface area contributed by atoms with E-state index >= 15 is 0 Å².